The second-order valence-electron chi connectivity index (χ2n) is 7.95. The number of aromatic nitrogens is 1. The van der Waals surface area contributed by atoms with Gasteiger partial charge in [0.15, 0.2) is 0 Å². The molecule has 1 aromatic carbocycles. The fourth-order valence-electron chi connectivity index (χ4n) is 4.38. The average Bonchev–Trinajstić information content (AvgIpc) is 2.62. The number of anilines is 1. The van der Waals surface area contributed by atoms with Crippen molar-refractivity contribution in [3.63, 3.8) is 0 Å². The molecule has 2 N–H and O–H groups in total. The first-order valence-corrected chi connectivity index (χ1v) is 9.90. The number of aryl methyl sites for hydroxylation is 1. The highest BCUT2D eigenvalue weighted by atomic mass is 16.2. The monoisotopic (exact) mass is 364 g/mol. The van der Waals surface area contributed by atoms with Gasteiger partial charge in [0.25, 0.3) is 5.91 Å². The molecule has 2 aliphatic heterocycles. The van der Waals surface area contributed by atoms with Gasteiger partial charge in [-0.1, -0.05) is 18.6 Å². The van der Waals surface area contributed by atoms with Crippen molar-refractivity contribution in [3.8, 4) is 11.1 Å². The standard InChI is InChI=1S/C22H28N4O/c1-15-10-21(23)24-12-20(15)17-7-5-8-18(11-17)22(27)25-13-19(14-25)26-9-4-3-6-16(26)2/h5,7-8,10-12,16,19H,3-4,6,9,13-14H2,1-2H3,(H2,23,24)/t16-/m0/s1. The quantitative estimate of drug-likeness (QED) is 0.907. The number of hydrogen-bond acceptors (Lipinski definition) is 4. The van der Waals surface area contributed by atoms with Gasteiger partial charge in [-0.05, 0) is 62.6 Å². The van der Waals surface area contributed by atoms with Crippen LogP contribution in [0.3, 0.4) is 0 Å². The van der Waals surface area contributed by atoms with Crippen LogP contribution in [0.4, 0.5) is 5.82 Å². The van der Waals surface area contributed by atoms with Crippen LogP contribution in [-0.2, 0) is 0 Å². The van der Waals surface area contributed by atoms with Gasteiger partial charge in [-0.2, -0.15) is 0 Å². The zero-order valence-corrected chi connectivity index (χ0v) is 16.2. The lowest BCUT2D eigenvalue weighted by Gasteiger charge is -2.49. The topological polar surface area (TPSA) is 62.5 Å². The van der Waals surface area contributed by atoms with Gasteiger partial charge in [-0.15, -0.1) is 0 Å². The molecule has 2 fully saturated rings. The van der Waals surface area contributed by atoms with E-state index >= 15 is 0 Å². The molecule has 5 heteroatoms. The van der Waals surface area contributed by atoms with E-state index in [4.69, 9.17) is 5.73 Å². The Bertz CT molecular complexity index is 844. The van der Waals surface area contributed by atoms with Crippen LogP contribution in [0.2, 0.25) is 0 Å². The summed E-state index contributed by atoms with van der Waals surface area (Å²) in [5.41, 5.74) is 9.59. The minimum absolute atomic E-state index is 0.124. The van der Waals surface area contributed by atoms with Gasteiger partial charge in [0.1, 0.15) is 5.82 Å². The first-order valence-electron chi connectivity index (χ1n) is 9.90. The third-order valence-electron chi connectivity index (χ3n) is 6.03. The number of nitrogens with two attached hydrogens (primary N) is 1. The zero-order chi connectivity index (χ0) is 19.0. The van der Waals surface area contributed by atoms with E-state index in [0.717, 1.165) is 35.3 Å². The second-order valence-corrected chi connectivity index (χ2v) is 7.95. The second kappa shape index (κ2) is 7.31. The molecule has 0 aliphatic carbocycles. The Morgan fingerprint density at radius 2 is 2.04 bits per heavy atom. The third kappa shape index (κ3) is 3.56. The molecule has 2 aromatic rings. The van der Waals surface area contributed by atoms with Crippen molar-refractivity contribution < 1.29 is 4.79 Å². The zero-order valence-electron chi connectivity index (χ0n) is 16.2. The highest BCUT2D eigenvalue weighted by Gasteiger charge is 2.37. The highest BCUT2D eigenvalue weighted by molar-refractivity contribution is 5.96. The number of likely N-dealkylation sites (tertiary alicyclic amines) is 2. The molecule has 2 saturated heterocycles. The van der Waals surface area contributed by atoms with Crippen LogP contribution in [0.25, 0.3) is 11.1 Å². The normalized spacial score (nSPS) is 21.1. The van der Waals surface area contributed by atoms with E-state index in [1.54, 1.807) is 6.20 Å². The van der Waals surface area contributed by atoms with Crippen LogP contribution in [0.15, 0.2) is 36.5 Å². The van der Waals surface area contributed by atoms with Crippen LogP contribution in [0, 0.1) is 6.92 Å². The molecule has 27 heavy (non-hydrogen) atoms. The van der Waals surface area contributed by atoms with Crippen LogP contribution < -0.4 is 5.73 Å². The first kappa shape index (κ1) is 18.0. The Labute approximate surface area is 161 Å². The molecular weight excluding hydrogens is 336 g/mol. The summed E-state index contributed by atoms with van der Waals surface area (Å²) in [5.74, 6) is 0.640. The third-order valence-corrected chi connectivity index (χ3v) is 6.03. The number of nitrogens with zero attached hydrogens (tertiary/aromatic N) is 3. The van der Waals surface area contributed by atoms with Gasteiger partial charge >= 0.3 is 0 Å². The maximum Gasteiger partial charge on any atom is 0.253 e. The van der Waals surface area contributed by atoms with Crippen LogP contribution in [-0.4, -0.2) is 52.4 Å². The SMILES string of the molecule is Cc1cc(N)ncc1-c1cccc(C(=O)N2CC(N3CCCC[C@@H]3C)C2)c1. The summed E-state index contributed by atoms with van der Waals surface area (Å²) in [6.45, 7) is 7.19. The molecule has 0 bridgehead atoms. The summed E-state index contributed by atoms with van der Waals surface area (Å²) in [5, 5.41) is 0. The number of rotatable bonds is 3. The van der Waals surface area contributed by atoms with Gasteiger partial charge in [0, 0.05) is 42.5 Å². The Balaban J connectivity index is 1.46. The van der Waals surface area contributed by atoms with E-state index in [9.17, 15) is 4.79 Å². The number of benzene rings is 1. The van der Waals surface area contributed by atoms with Gasteiger partial charge in [-0.25, -0.2) is 4.98 Å². The lowest BCUT2D eigenvalue weighted by atomic mass is 9.96. The van der Waals surface area contributed by atoms with Crippen LogP contribution >= 0.6 is 0 Å². The molecule has 5 nitrogen and oxygen atoms in total. The van der Waals surface area contributed by atoms with Crippen molar-refractivity contribution in [3.05, 3.63) is 47.7 Å². The molecule has 1 aromatic heterocycles. The van der Waals surface area contributed by atoms with E-state index in [1.807, 2.05) is 42.2 Å². The molecule has 0 radical (unpaired) electrons. The Kier molecular flexibility index (Phi) is 4.87. The molecule has 1 atom stereocenters. The number of carbonyl (C=O) groups is 1. The maximum absolute atomic E-state index is 12.9. The number of nitrogen functional groups attached to an aromatic ring is 1. The number of carbonyl (C=O) groups excluding carboxylic acids is 1. The minimum atomic E-state index is 0.124. The van der Waals surface area contributed by atoms with Gasteiger partial charge in [-0.3, -0.25) is 9.69 Å². The smallest absolute Gasteiger partial charge is 0.253 e. The number of hydrogen-bond donors (Lipinski definition) is 1. The Morgan fingerprint density at radius 3 is 2.78 bits per heavy atom. The maximum atomic E-state index is 12.9. The molecular formula is C22H28N4O. The summed E-state index contributed by atoms with van der Waals surface area (Å²) in [6.07, 6.45) is 5.68. The van der Waals surface area contributed by atoms with Crippen molar-refractivity contribution in [1.82, 2.24) is 14.8 Å². The molecule has 0 unspecified atom stereocenters. The number of piperidine rings is 1. The van der Waals surface area contributed by atoms with Crippen molar-refractivity contribution >= 4 is 11.7 Å². The van der Waals surface area contributed by atoms with Gasteiger partial charge in [0.05, 0.1) is 0 Å². The van der Waals surface area contributed by atoms with E-state index in [-0.39, 0.29) is 5.91 Å². The minimum Gasteiger partial charge on any atom is -0.384 e. The molecule has 0 saturated carbocycles. The van der Waals surface area contributed by atoms with E-state index in [1.165, 1.54) is 25.8 Å². The predicted molar refractivity (Wildman–Crippen MR) is 109 cm³/mol. The van der Waals surface area contributed by atoms with E-state index in [2.05, 4.69) is 16.8 Å². The lowest BCUT2D eigenvalue weighted by Crippen LogP contribution is -2.63. The van der Waals surface area contributed by atoms with Crippen molar-refractivity contribution in [2.24, 2.45) is 0 Å². The fourth-order valence-corrected chi connectivity index (χ4v) is 4.38. The first-order chi connectivity index (χ1) is 13.0. The summed E-state index contributed by atoms with van der Waals surface area (Å²) in [4.78, 5) is 21.7. The highest BCUT2D eigenvalue weighted by Crippen LogP contribution is 2.28. The fraction of sp³-hybridized carbons (Fsp3) is 0.455. The van der Waals surface area contributed by atoms with Crippen LogP contribution in [0.1, 0.15) is 42.1 Å². The molecule has 4 rings (SSSR count). The number of amides is 1. The van der Waals surface area contributed by atoms with E-state index in [0.29, 0.717) is 17.9 Å². The van der Waals surface area contributed by atoms with Crippen LogP contribution in [0.5, 0.6) is 0 Å². The molecule has 0 spiro atoms. The number of pyridine rings is 1. The lowest BCUT2D eigenvalue weighted by molar-refractivity contribution is 0.00213. The molecule has 3 heterocycles. The molecule has 142 valence electrons. The van der Waals surface area contributed by atoms with Gasteiger partial charge in [0.2, 0.25) is 0 Å². The molecule has 1 amide bonds. The van der Waals surface area contributed by atoms with Crippen molar-refractivity contribution in [1.29, 1.82) is 0 Å². The summed E-state index contributed by atoms with van der Waals surface area (Å²) in [6, 6.07) is 10.9. The summed E-state index contributed by atoms with van der Waals surface area (Å²) in [7, 11) is 0. The Morgan fingerprint density at radius 1 is 1.22 bits per heavy atom. The predicted octanol–water partition coefficient (Wildman–Crippen LogP) is 3.34. The van der Waals surface area contributed by atoms with E-state index < -0.39 is 0 Å². The summed E-state index contributed by atoms with van der Waals surface area (Å²) >= 11 is 0. The largest absolute Gasteiger partial charge is 0.384 e. The Hall–Kier alpha value is -2.40. The van der Waals surface area contributed by atoms with Crippen molar-refractivity contribution in [2.45, 2.75) is 45.2 Å². The van der Waals surface area contributed by atoms with Crippen molar-refractivity contribution in [2.75, 3.05) is 25.4 Å². The molecule has 2 aliphatic rings. The average molecular weight is 364 g/mol. The summed E-state index contributed by atoms with van der Waals surface area (Å²) < 4.78 is 0. The van der Waals surface area contributed by atoms with Gasteiger partial charge < -0.3 is 10.6 Å².